The van der Waals surface area contributed by atoms with E-state index in [-0.39, 0.29) is 18.0 Å². The Hall–Kier alpha value is -1.93. The number of amides is 1. The van der Waals surface area contributed by atoms with E-state index >= 15 is 0 Å². The SMILES string of the molecule is CCN(Cc1ccc(C#N)cc1F)C(=O)CCCN. The minimum atomic E-state index is -0.455. The molecule has 1 aromatic rings. The third-order valence-electron chi connectivity index (χ3n) is 2.87. The third kappa shape index (κ3) is 4.34. The first-order valence-corrected chi connectivity index (χ1v) is 6.28. The van der Waals surface area contributed by atoms with E-state index in [0.717, 1.165) is 0 Å². The Balaban J connectivity index is 2.76. The van der Waals surface area contributed by atoms with Crippen molar-refractivity contribution in [2.45, 2.75) is 26.3 Å². The molecule has 102 valence electrons. The normalized spacial score (nSPS) is 10.0. The van der Waals surface area contributed by atoms with Crippen molar-refractivity contribution >= 4 is 5.91 Å². The summed E-state index contributed by atoms with van der Waals surface area (Å²) in [6.45, 7) is 3.05. The van der Waals surface area contributed by atoms with Crippen LogP contribution in [0, 0.1) is 17.1 Å². The molecule has 0 fully saturated rings. The molecule has 0 saturated carbocycles. The summed E-state index contributed by atoms with van der Waals surface area (Å²) in [5, 5.41) is 8.67. The van der Waals surface area contributed by atoms with Gasteiger partial charge in [0.1, 0.15) is 5.82 Å². The van der Waals surface area contributed by atoms with Gasteiger partial charge < -0.3 is 10.6 Å². The average molecular weight is 263 g/mol. The number of hydrogen-bond donors (Lipinski definition) is 1. The van der Waals surface area contributed by atoms with E-state index in [1.807, 2.05) is 13.0 Å². The highest BCUT2D eigenvalue weighted by Crippen LogP contribution is 2.13. The second-order valence-corrected chi connectivity index (χ2v) is 4.22. The quantitative estimate of drug-likeness (QED) is 0.850. The van der Waals surface area contributed by atoms with Gasteiger partial charge in [0.05, 0.1) is 11.6 Å². The maximum Gasteiger partial charge on any atom is 0.222 e. The van der Waals surface area contributed by atoms with Gasteiger partial charge in [-0.1, -0.05) is 6.07 Å². The summed E-state index contributed by atoms with van der Waals surface area (Å²) in [6, 6.07) is 6.17. The molecule has 19 heavy (non-hydrogen) atoms. The lowest BCUT2D eigenvalue weighted by molar-refractivity contribution is -0.131. The van der Waals surface area contributed by atoms with E-state index in [2.05, 4.69) is 0 Å². The van der Waals surface area contributed by atoms with Gasteiger partial charge in [0, 0.05) is 25.1 Å². The summed E-state index contributed by atoms with van der Waals surface area (Å²) in [5.74, 6) is -0.485. The highest BCUT2D eigenvalue weighted by atomic mass is 19.1. The zero-order chi connectivity index (χ0) is 14.3. The molecule has 4 nitrogen and oxygen atoms in total. The molecule has 0 aromatic heterocycles. The molecule has 0 aliphatic rings. The highest BCUT2D eigenvalue weighted by Gasteiger charge is 2.14. The minimum absolute atomic E-state index is 0.0308. The van der Waals surface area contributed by atoms with Gasteiger partial charge in [0.15, 0.2) is 0 Å². The molecule has 5 heteroatoms. The number of benzene rings is 1. The van der Waals surface area contributed by atoms with Crippen molar-refractivity contribution in [2.75, 3.05) is 13.1 Å². The molecule has 0 atom stereocenters. The summed E-state index contributed by atoms with van der Waals surface area (Å²) in [4.78, 5) is 13.5. The van der Waals surface area contributed by atoms with Crippen LogP contribution in [0.1, 0.15) is 30.9 Å². The molecular weight excluding hydrogens is 245 g/mol. The number of nitrogens with two attached hydrogens (primary N) is 1. The van der Waals surface area contributed by atoms with Crippen molar-refractivity contribution in [2.24, 2.45) is 5.73 Å². The number of nitriles is 1. The van der Waals surface area contributed by atoms with Crippen molar-refractivity contribution in [3.8, 4) is 6.07 Å². The first-order valence-electron chi connectivity index (χ1n) is 6.28. The average Bonchev–Trinajstić information content (AvgIpc) is 2.43. The van der Waals surface area contributed by atoms with Crippen LogP contribution < -0.4 is 5.73 Å². The van der Waals surface area contributed by atoms with E-state index in [1.54, 1.807) is 17.0 Å². The van der Waals surface area contributed by atoms with Crippen LogP contribution >= 0.6 is 0 Å². The van der Waals surface area contributed by atoms with Crippen LogP contribution in [0.15, 0.2) is 18.2 Å². The highest BCUT2D eigenvalue weighted by molar-refractivity contribution is 5.76. The lowest BCUT2D eigenvalue weighted by Crippen LogP contribution is -2.30. The zero-order valence-electron chi connectivity index (χ0n) is 11.0. The number of carbonyl (C=O) groups is 1. The van der Waals surface area contributed by atoms with E-state index < -0.39 is 5.82 Å². The molecule has 0 aliphatic heterocycles. The lowest BCUT2D eigenvalue weighted by atomic mass is 10.1. The molecular formula is C14H18FN3O. The third-order valence-corrected chi connectivity index (χ3v) is 2.87. The Labute approximate surface area is 112 Å². The van der Waals surface area contributed by atoms with Crippen LogP contribution in [-0.4, -0.2) is 23.9 Å². The largest absolute Gasteiger partial charge is 0.339 e. The van der Waals surface area contributed by atoms with Crippen LogP contribution in [0.4, 0.5) is 4.39 Å². The van der Waals surface area contributed by atoms with Crippen molar-refractivity contribution in [3.63, 3.8) is 0 Å². The minimum Gasteiger partial charge on any atom is -0.339 e. The Morgan fingerprint density at radius 1 is 1.53 bits per heavy atom. The summed E-state index contributed by atoms with van der Waals surface area (Å²) < 4.78 is 13.7. The van der Waals surface area contributed by atoms with Gasteiger partial charge in [-0.15, -0.1) is 0 Å². The number of hydrogen-bond acceptors (Lipinski definition) is 3. The second kappa shape index (κ2) is 7.49. The van der Waals surface area contributed by atoms with E-state index in [4.69, 9.17) is 11.0 Å². The van der Waals surface area contributed by atoms with Crippen LogP contribution in [0.25, 0.3) is 0 Å². The van der Waals surface area contributed by atoms with Crippen molar-refractivity contribution in [3.05, 3.63) is 35.1 Å². The molecule has 2 N–H and O–H groups in total. The molecule has 1 amide bonds. The topological polar surface area (TPSA) is 70.1 Å². The maximum absolute atomic E-state index is 13.7. The Kier molecular flexibility index (Phi) is 5.97. The summed E-state index contributed by atoms with van der Waals surface area (Å²) >= 11 is 0. The van der Waals surface area contributed by atoms with Crippen LogP contribution in [0.3, 0.4) is 0 Å². The molecule has 0 saturated heterocycles. The Morgan fingerprint density at radius 2 is 2.26 bits per heavy atom. The van der Waals surface area contributed by atoms with Gasteiger partial charge in [-0.05, 0) is 32.0 Å². The van der Waals surface area contributed by atoms with E-state index in [1.165, 1.54) is 6.07 Å². The van der Waals surface area contributed by atoms with Gasteiger partial charge in [0.2, 0.25) is 5.91 Å². The Morgan fingerprint density at radius 3 is 2.79 bits per heavy atom. The number of rotatable bonds is 6. The summed E-state index contributed by atoms with van der Waals surface area (Å²) in [7, 11) is 0. The van der Waals surface area contributed by atoms with Gasteiger partial charge in [0.25, 0.3) is 0 Å². The smallest absolute Gasteiger partial charge is 0.222 e. The molecule has 1 aromatic carbocycles. The lowest BCUT2D eigenvalue weighted by Gasteiger charge is -2.21. The Bertz CT molecular complexity index is 482. The summed E-state index contributed by atoms with van der Waals surface area (Å²) in [5.41, 5.74) is 6.06. The van der Waals surface area contributed by atoms with E-state index in [9.17, 15) is 9.18 Å². The van der Waals surface area contributed by atoms with E-state index in [0.29, 0.717) is 31.5 Å². The van der Waals surface area contributed by atoms with Crippen LogP contribution in [-0.2, 0) is 11.3 Å². The fourth-order valence-electron chi connectivity index (χ4n) is 1.74. The number of nitrogens with zero attached hydrogens (tertiary/aromatic N) is 2. The monoisotopic (exact) mass is 263 g/mol. The molecule has 0 unspecified atom stereocenters. The number of carbonyl (C=O) groups excluding carboxylic acids is 1. The molecule has 0 radical (unpaired) electrons. The first kappa shape index (κ1) is 15.1. The van der Waals surface area contributed by atoms with Crippen molar-refractivity contribution in [1.82, 2.24) is 4.90 Å². The number of halogens is 1. The van der Waals surface area contributed by atoms with Crippen LogP contribution in [0.5, 0.6) is 0 Å². The molecule has 1 rings (SSSR count). The van der Waals surface area contributed by atoms with Crippen LogP contribution in [0.2, 0.25) is 0 Å². The first-order chi connectivity index (χ1) is 9.12. The predicted molar refractivity (Wildman–Crippen MR) is 70.5 cm³/mol. The fraction of sp³-hybridized carbons (Fsp3) is 0.429. The predicted octanol–water partition coefficient (Wildman–Crippen LogP) is 1.78. The maximum atomic E-state index is 13.7. The molecule has 0 heterocycles. The van der Waals surface area contributed by atoms with Crippen molar-refractivity contribution in [1.29, 1.82) is 5.26 Å². The molecule has 0 aliphatic carbocycles. The molecule has 0 bridgehead atoms. The van der Waals surface area contributed by atoms with Gasteiger partial charge in [-0.3, -0.25) is 4.79 Å². The van der Waals surface area contributed by atoms with Gasteiger partial charge in [-0.25, -0.2) is 4.39 Å². The zero-order valence-corrected chi connectivity index (χ0v) is 11.0. The molecule has 0 spiro atoms. The fourth-order valence-corrected chi connectivity index (χ4v) is 1.74. The van der Waals surface area contributed by atoms with Gasteiger partial charge in [-0.2, -0.15) is 5.26 Å². The second-order valence-electron chi connectivity index (χ2n) is 4.22. The van der Waals surface area contributed by atoms with Gasteiger partial charge >= 0.3 is 0 Å². The van der Waals surface area contributed by atoms with Crippen molar-refractivity contribution < 1.29 is 9.18 Å². The summed E-state index contributed by atoms with van der Waals surface area (Å²) in [6.07, 6.45) is 1.01. The standard InChI is InChI=1S/C14H18FN3O/c1-2-18(14(19)4-3-7-16)10-12-6-5-11(9-17)8-13(12)15/h5-6,8H,2-4,7,10,16H2,1H3.